The van der Waals surface area contributed by atoms with Gasteiger partial charge in [-0.2, -0.15) is 18.4 Å². The summed E-state index contributed by atoms with van der Waals surface area (Å²) in [5, 5.41) is 9.17. The highest BCUT2D eigenvalue weighted by atomic mass is 19.4. The summed E-state index contributed by atoms with van der Waals surface area (Å²) in [4.78, 5) is 4.19. The molecule has 1 saturated heterocycles. The van der Waals surface area contributed by atoms with Crippen LogP contribution in [0.2, 0.25) is 0 Å². The minimum Gasteiger partial charge on any atom is -0.367 e. The molecule has 0 bridgehead atoms. The lowest BCUT2D eigenvalue weighted by Gasteiger charge is -2.46. The molecule has 0 aliphatic carbocycles. The standard InChI is InChI=1S/C15H18F3N3/c1-14(2)10-21(7-6-20(14)3)13-5-4-12(15(16,17)18)8-11(13)9-19/h4-5,8H,6-7,10H2,1-3H3. The monoisotopic (exact) mass is 297 g/mol. The van der Waals surface area contributed by atoms with Crippen LogP contribution in [-0.2, 0) is 6.18 Å². The van der Waals surface area contributed by atoms with Gasteiger partial charge >= 0.3 is 6.18 Å². The molecule has 0 atom stereocenters. The summed E-state index contributed by atoms with van der Waals surface area (Å²) in [7, 11) is 2.02. The average Bonchev–Trinajstić information content (AvgIpc) is 2.40. The molecule has 21 heavy (non-hydrogen) atoms. The molecule has 0 spiro atoms. The normalized spacial score (nSPS) is 19.4. The second-order valence-corrected chi connectivity index (χ2v) is 6.00. The number of anilines is 1. The molecule has 0 aromatic heterocycles. The quantitative estimate of drug-likeness (QED) is 0.798. The third-order valence-electron chi connectivity index (χ3n) is 4.10. The zero-order valence-electron chi connectivity index (χ0n) is 12.3. The van der Waals surface area contributed by atoms with Gasteiger partial charge in [0, 0.05) is 25.2 Å². The fourth-order valence-corrected chi connectivity index (χ4v) is 2.52. The van der Waals surface area contributed by atoms with E-state index in [9.17, 15) is 13.2 Å². The van der Waals surface area contributed by atoms with E-state index >= 15 is 0 Å². The van der Waals surface area contributed by atoms with Gasteiger partial charge in [-0.1, -0.05) is 0 Å². The maximum Gasteiger partial charge on any atom is 0.416 e. The van der Waals surface area contributed by atoms with Gasteiger partial charge in [0.1, 0.15) is 6.07 Å². The van der Waals surface area contributed by atoms with Crippen LogP contribution in [0, 0.1) is 11.3 Å². The molecule has 1 aromatic carbocycles. The van der Waals surface area contributed by atoms with E-state index in [1.807, 2.05) is 18.0 Å². The third kappa shape index (κ3) is 3.13. The van der Waals surface area contributed by atoms with Crippen molar-refractivity contribution in [2.45, 2.75) is 25.6 Å². The van der Waals surface area contributed by atoms with Crippen molar-refractivity contribution in [3.8, 4) is 6.07 Å². The van der Waals surface area contributed by atoms with Gasteiger partial charge in [0.05, 0.1) is 16.8 Å². The maximum absolute atomic E-state index is 12.7. The Labute approximate surface area is 122 Å². The van der Waals surface area contributed by atoms with Gasteiger partial charge in [0.15, 0.2) is 0 Å². The number of likely N-dealkylation sites (N-methyl/N-ethyl adjacent to an activating group) is 1. The summed E-state index contributed by atoms with van der Waals surface area (Å²) in [6.45, 7) is 6.33. The predicted octanol–water partition coefficient (Wildman–Crippen LogP) is 3.11. The van der Waals surface area contributed by atoms with Crippen molar-refractivity contribution >= 4 is 5.69 Å². The van der Waals surface area contributed by atoms with Crippen LogP contribution in [0.4, 0.5) is 18.9 Å². The summed E-state index contributed by atoms with van der Waals surface area (Å²) < 4.78 is 38.2. The largest absolute Gasteiger partial charge is 0.416 e. The number of hydrogen-bond acceptors (Lipinski definition) is 3. The van der Waals surface area contributed by atoms with Gasteiger partial charge in [0.2, 0.25) is 0 Å². The van der Waals surface area contributed by atoms with E-state index in [0.717, 1.165) is 18.7 Å². The molecule has 1 aliphatic heterocycles. The molecule has 0 radical (unpaired) electrons. The van der Waals surface area contributed by atoms with Crippen LogP contribution in [0.5, 0.6) is 0 Å². The molecule has 1 fully saturated rings. The van der Waals surface area contributed by atoms with Crippen LogP contribution in [-0.4, -0.2) is 37.1 Å². The number of hydrogen-bond donors (Lipinski definition) is 0. The number of benzene rings is 1. The predicted molar refractivity (Wildman–Crippen MR) is 75.1 cm³/mol. The lowest BCUT2D eigenvalue weighted by molar-refractivity contribution is -0.137. The smallest absolute Gasteiger partial charge is 0.367 e. The number of nitrogens with zero attached hydrogens (tertiary/aromatic N) is 3. The number of alkyl halides is 3. The van der Waals surface area contributed by atoms with Gasteiger partial charge in [-0.15, -0.1) is 0 Å². The number of piperazine rings is 1. The SMILES string of the molecule is CN1CCN(c2ccc(C(F)(F)F)cc2C#N)CC1(C)C. The number of nitriles is 1. The fourth-order valence-electron chi connectivity index (χ4n) is 2.52. The maximum atomic E-state index is 12.7. The molecule has 2 rings (SSSR count). The van der Waals surface area contributed by atoms with Gasteiger partial charge in [-0.3, -0.25) is 4.90 Å². The summed E-state index contributed by atoms with van der Waals surface area (Å²) >= 11 is 0. The fraction of sp³-hybridized carbons (Fsp3) is 0.533. The van der Waals surface area contributed by atoms with Crippen LogP contribution < -0.4 is 4.90 Å². The summed E-state index contributed by atoms with van der Waals surface area (Å²) in [5.41, 5.74) is -0.221. The van der Waals surface area contributed by atoms with Crippen molar-refractivity contribution < 1.29 is 13.2 Å². The third-order valence-corrected chi connectivity index (χ3v) is 4.10. The second-order valence-electron chi connectivity index (χ2n) is 6.00. The van der Waals surface area contributed by atoms with E-state index in [-0.39, 0.29) is 11.1 Å². The van der Waals surface area contributed by atoms with Gasteiger partial charge in [-0.05, 0) is 39.1 Å². The number of rotatable bonds is 1. The number of halogens is 3. The summed E-state index contributed by atoms with van der Waals surface area (Å²) in [6.07, 6.45) is -4.43. The van der Waals surface area contributed by atoms with E-state index in [1.54, 1.807) is 0 Å². The molecule has 0 amide bonds. The molecule has 6 heteroatoms. The summed E-state index contributed by atoms with van der Waals surface area (Å²) in [6, 6.07) is 5.27. The van der Waals surface area contributed by atoms with Crippen molar-refractivity contribution in [1.82, 2.24) is 4.90 Å². The van der Waals surface area contributed by atoms with Crippen LogP contribution in [0.15, 0.2) is 18.2 Å². The highest BCUT2D eigenvalue weighted by molar-refractivity contribution is 5.61. The molecular weight excluding hydrogens is 279 g/mol. The van der Waals surface area contributed by atoms with Crippen molar-refractivity contribution in [2.75, 3.05) is 31.6 Å². The van der Waals surface area contributed by atoms with E-state index < -0.39 is 11.7 Å². The minimum absolute atomic E-state index is 0.0742. The first-order valence-electron chi connectivity index (χ1n) is 6.73. The zero-order valence-corrected chi connectivity index (χ0v) is 12.3. The Kier molecular flexibility index (Phi) is 3.89. The van der Waals surface area contributed by atoms with Gasteiger partial charge in [-0.25, -0.2) is 0 Å². The Morgan fingerprint density at radius 1 is 1.24 bits per heavy atom. The molecule has 0 unspecified atom stereocenters. The molecule has 1 heterocycles. The Hall–Kier alpha value is -1.74. The molecular formula is C15H18F3N3. The second kappa shape index (κ2) is 5.23. The van der Waals surface area contributed by atoms with Crippen molar-refractivity contribution in [3.05, 3.63) is 29.3 Å². The first-order valence-corrected chi connectivity index (χ1v) is 6.73. The Morgan fingerprint density at radius 2 is 1.90 bits per heavy atom. The molecule has 114 valence electrons. The molecule has 1 aromatic rings. The average molecular weight is 297 g/mol. The Morgan fingerprint density at radius 3 is 2.43 bits per heavy atom. The van der Waals surface area contributed by atoms with Crippen LogP contribution in [0.25, 0.3) is 0 Å². The Bertz CT molecular complexity index is 573. The molecule has 0 saturated carbocycles. The summed E-state index contributed by atoms with van der Waals surface area (Å²) in [5.74, 6) is 0. The van der Waals surface area contributed by atoms with Gasteiger partial charge < -0.3 is 4.90 Å². The van der Waals surface area contributed by atoms with Gasteiger partial charge in [0.25, 0.3) is 0 Å². The first kappa shape index (κ1) is 15.6. The highest BCUT2D eigenvalue weighted by Crippen LogP contribution is 2.34. The van der Waals surface area contributed by atoms with Crippen molar-refractivity contribution in [3.63, 3.8) is 0 Å². The van der Waals surface area contributed by atoms with E-state index in [4.69, 9.17) is 5.26 Å². The molecule has 3 nitrogen and oxygen atoms in total. The first-order chi connectivity index (χ1) is 9.65. The Balaban J connectivity index is 2.35. The molecule has 0 N–H and O–H groups in total. The molecule has 1 aliphatic rings. The van der Waals surface area contributed by atoms with E-state index in [1.165, 1.54) is 6.07 Å². The van der Waals surface area contributed by atoms with Crippen LogP contribution >= 0.6 is 0 Å². The zero-order chi connectivity index (χ0) is 15.8. The van der Waals surface area contributed by atoms with Crippen LogP contribution in [0.3, 0.4) is 0 Å². The lowest BCUT2D eigenvalue weighted by atomic mass is 9.98. The minimum atomic E-state index is -4.43. The lowest BCUT2D eigenvalue weighted by Crippen LogP contribution is -2.57. The van der Waals surface area contributed by atoms with Crippen molar-refractivity contribution in [2.24, 2.45) is 0 Å². The van der Waals surface area contributed by atoms with Crippen LogP contribution in [0.1, 0.15) is 25.0 Å². The van der Waals surface area contributed by atoms with Crippen molar-refractivity contribution in [1.29, 1.82) is 5.26 Å². The van der Waals surface area contributed by atoms with E-state index in [2.05, 4.69) is 18.7 Å². The van der Waals surface area contributed by atoms with E-state index in [0.29, 0.717) is 18.8 Å². The topological polar surface area (TPSA) is 30.3 Å². The highest BCUT2D eigenvalue weighted by Gasteiger charge is 2.34.